The lowest BCUT2D eigenvalue weighted by Crippen LogP contribution is -2.35. The Labute approximate surface area is 150 Å². The Kier molecular flexibility index (Phi) is 4.48. The van der Waals surface area contributed by atoms with Gasteiger partial charge in [-0.3, -0.25) is 4.31 Å². The molecule has 0 saturated carbocycles. The van der Waals surface area contributed by atoms with Crippen molar-refractivity contribution in [3.8, 4) is 11.5 Å². The summed E-state index contributed by atoms with van der Waals surface area (Å²) in [6.07, 6.45) is 0.682. The Morgan fingerprint density at radius 3 is 2.46 bits per heavy atom. The van der Waals surface area contributed by atoms with E-state index >= 15 is 0 Å². The minimum atomic E-state index is -3.69. The van der Waals surface area contributed by atoms with Gasteiger partial charge in [0, 0.05) is 16.6 Å². The number of hydrogen-bond donors (Lipinski definition) is 0. The van der Waals surface area contributed by atoms with E-state index in [-0.39, 0.29) is 10.9 Å². The zero-order chi connectivity index (χ0) is 17.5. The van der Waals surface area contributed by atoms with Crippen molar-refractivity contribution in [1.82, 2.24) is 0 Å². The normalized spacial score (nSPS) is 16.8. The molecule has 1 atom stereocenters. The molecule has 3 rings (SSSR count). The van der Waals surface area contributed by atoms with E-state index < -0.39 is 10.0 Å². The van der Waals surface area contributed by atoms with Crippen molar-refractivity contribution < 1.29 is 17.9 Å². The first-order valence-corrected chi connectivity index (χ1v) is 9.66. The number of hydrogen-bond acceptors (Lipinski definition) is 4. The predicted molar refractivity (Wildman–Crippen MR) is 96.5 cm³/mol. The molecule has 5 nitrogen and oxygen atoms in total. The van der Waals surface area contributed by atoms with Crippen LogP contribution in [-0.4, -0.2) is 28.7 Å². The second-order valence-corrected chi connectivity index (χ2v) is 8.37. The molecule has 1 aliphatic rings. The molecule has 2 aromatic rings. The van der Waals surface area contributed by atoms with Gasteiger partial charge in [0.15, 0.2) is 11.5 Å². The van der Waals surface area contributed by atoms with Gasteiger partial charge in [-0.15, -0.1) is 0 Å². The van der Waals surface area contributed by atoms with Gasteiger partial charge in [0.1, 0.15) is 0 Å². The highest BCUT2D eigenvalue weighted by Gasteiger charge is 2.36. The molecule has 0 aliphatic carbocycles. The maximum Gasteiger partial charge on any atom is 0.264 e. The van der Waals surface area contributed by atoms with Crippen LogP contribution in [0.15, 0.2) is 45.8 Å². The monoisotopic (exact) mass is 411 g/mol. The van der Waals surface area contributed by atoms with E-state index in [0.29, 0.717) is 17.9 Å². The van der Waals surface area contributed by atoms with Gasteiger partial charge in [0.25, 0.3) is 10.0 Å². The fourth-order valence-electron chi connectivity index (χ4n) is 3.03. The first-order valence-electron chi connectivity index (χ1n) is 7.43. The average Bonchev–Trinajstić information content (AvgIpc) is 2.89. The third-order valence-corrected chi connectivity index (χ3v) is 6.52. The molecule has 0 radical (unpaired) electrons. The van der Waals surface area contributed by atoms with Crippen LogP contribution in [0.1, 0.15) is 12.5 Å². The van der Waals surface area contributed by atoms with Gasteiger partial charge in [0.2, 0.25) is 0 Å². The van der Waals surface area contributed by atoms with E-state index in [1.807, 2.05) is 25.1 Å². The van der Waals surface area contributed by atoms with E-state index in [1.54, 1.807) is 12.1 Å². The maximum absolute atomic E-state index is 13.2. The van der Waals surface area contributed by atoms with Gasteiger partial charge in [0.05, 0.1) is 24.8 Å². The standard InChI is InChI=1S/C17H18BrNO4S/c1-11-8-12-9-13(18)4-6-15(12)19(11)24(20,21)14-5-7-16(22-2)17(10-14)23-3/h4-7,9-11H,8H2,1-3H3/t11-/m1/s1. The molecule has 24 heavy (non-hydrogen) atoms. The van der Waals surface area contributed by atoms with Crippen molar-refractivity contribution in [2.75, 3.05) is 18.5 Å². The highest BCUT2D eigenvalue weighted by molar-refractivity contribution is 9.10. The number of benzene rings is 2. The van der Waals surface area contributed by atoms with E-state index in [9.17, 15) is 8.42 Å². The SMILES string of the molecule is COc1ccc(S(=O)(=O)N2c3ccc(Br)cc3C[C@H]2C)cc1OC. The smallest absolute Gasteiger partial charge is 0.264 e. The van der Waals surface area contributed by atoms with Gasteiger partial charge in [-0.25, -0.2) is 8.42 Å². The summed E-state index contributed by atoms with van der Waals surface area (Å²) in [5.41, 5.74) is 1.74. The average molecular weight is 412 g/mol. The molecule has 0 amide bonds. The van der Waals surface area contributed by atoms with E-state index in [4.69, 9.17) is 9.47 Å². The number of ether oxygens (including phenoxy) is 2. The van der Waals surface area contributed by atoms with Gasteiger partial charge < -0.3 is 9.47 Å². The van der Waals surface area contributed by atoms with Crippen LogP contribution in [-0.2, 0) is 16.4 Å². The second-order valence-electron chi connectivity index (χ2n) is 5.64. The van der Waals surface area contributed by atoms with Gasteiger partial charge in [-0.05, 0) is 49.2 Å². The Morgan fingerprint density at radius 2 is 1.79 bits per heavy atom. The zero-order valence-corrected chi connectivity index (χ0v) is 16.0. The van der Waals surface area contributed by atoms with Crippen molar-refractivity contribution in [1.29, 1.82) is 0 Å². The number of anilines is 1. The molecule has 1 aliphatic heterocycles. The molecule has 0 N–H and O–H groups in total. The summed E-state index contributed by atoms with van der Waals surface area (Å²) >= 11 is 3.44. The fourth-order valence-corrected chi connectivity index (χ4v) is 5.15. The quantitative estimate of drug-likeness (QED) is 0.770. The minimum absolute atomic E-state index is 0.146. The van der Waals surface area contributed by atoms with Crippen LogP contribution in [0.3, 0.4) is 0 Å². The van der Waals surface area contributed by atoms with Crippen LogP contribution in [0.2, 0.25) is 0 Å². The summed E-state index contributed by atoms with van der Waals surface area (Å²) in [6.45, 7) is 1.91. The molecule has 0 aromatic heterocycles. The summed E-state index contributed by atoms with van der Waals surface area (Å²) in [5.74, 6) is 0.886. The molecule has 128 valence electrons. The zero-order valence-electron chi connectivity index (χ0n) is 13.6. The van der Waals surface area contributed by atoms with Crippen molar-refractivity contribution in [2.24, 2.45) is 0 Å². The van der Waals surface area contributed by atoms with Crippen molar-refractivity contribution >= 4 is 31.6 Å². The maximum atomic E-state index is 13.2. The largest absolute Gasteiger partial charge is 0.493 e. The van der Waals surface area contributed by atoms with Crippen LogP contribution < -0.4 is 13.8 Å². The number of rotatable bonds is 4. The third-order valence-electron chi connectivity index (χ3n) is 4.11. The lowest BCUT2D eigenvalue weighted by atomic mass is 10.1. The summed E-state index contributed by atoms with van der Waals surface area (Å²) in [5, 5.41) is 0. The lowest BCUT2D eigenvalue weighted by Gasteiger charge is -2.25. The molecule has 0 fully saturated rings. The van der Waals surface area contributed by atoms with Gasteiger partial charge >= 0.3 is 0 Å². The molecule has 0 bridgehead atoms. The van der Waals surface area contributed by atoms with Crippen LogP contribution in [0.25, 0.3) is 0 Å². The first-order chi connectivity index (χ1) is 11.4. The minimum Gasteiger partial charge on any atom is -0.493 e. The number of sulfonamides is 1. The highest BCUT2D eigenvalue weighted by Crippen LogP contribution is 2.39. The number of fused-ring (bicyclic) bond motifs is 1. The Balaban J connectivity index is 2.09. The van der Waals surface area contributed by atoms with E-state index in [0.717, 1.165) is 15.7 Å². The molecule has 0 spiro atoms. The topological polar surface area (TPSA) is 55.8 Å². The fraction of sp³-hybridized carbons (Fsp3) is 0.294. The third kappa shape index (κ3) is 2.75. The molecule has 0 unspecified atom stereocenters. The Morgan fingerprint density at radius 1 is 1.08 bits per heavy atom. The summed E-state index contributed by atoms with van der Waals surface area (Å²) in [6, 6.07) is 10.2. The van der Waals surface area contributed by atoms with E-state index in [2.05, 4.69) is 15.9 Å². The Bertz CT molecular complexity index is 882. The summed E-state index contributed by atoms with van der Waals surface area (Å²) in [7, 11) is -0.687. The highest BCUT2D eigenvalue weighted by atomic mass is 79.9. The molecular formula is C17H18BrNO4S. The number of methoxy groups -OCH3 is 2. The second kappa shape index (κ2) is 6.29. The summed E-state index contributed by atoms with van der Waals surface area (Å²) in [4.78, 5) is 0.183. The van der Waals surface area contributed by atoms with Crippen molar-refractivity contribution in [3.63, 3.8) is 0 Å². The number of halogens is 1. The molecule has 1 heterocycles. The van der Waals surface area contributed by atoms with Gasteiger partial charge in [-0.1, -0.05) is 15.9 Å². The Hall–Kier alpha value is -1.73. The summed E-state index contributed by atoms with van der Waals surface area (Å²) < 4.78 is 39.2. The first kappa shape index (κ1) is 17.1. The van der Waals surface area contributed by atoms with Gasteiger partial charge in [-0.2, -0.15) is 0 Å². The number of nitrogens with zero attached hydrogens (tertiary/aromatic N) is 1. The molecule has 0 saturated heterocycles. The van der Waals surface area contributed by atoms with Crippen molar-refractivity contribution in [3.05, 3.63) is 46.4 Å². The molecule has 2 aromatic carbocycles. The molecule has 7 heteroatoms. The van der Waals surface area contributed by atoms with E-state index in [1.165, 1.54) is 24.6 Å². The molecular weight excluding hydrogens is 394 g/mol. The van der Waals surface area contributed by atoms with Crippen molar-refractivity contribution in [2.45, 2.75) is 24.3 Å². The predicted octanol–water partition coefficient (Wildman–Crippen LogP) is 3.61. The van der Waals surface area contributed by atoms with Crippen LogP contribution in [0.5, 0.6) is 11.5 Å². The van der Waals surface area contributed by atoms with Crippen LogP contribution in [0, 0.1) is 0 Å². The lowest BCUT2D eigenvalue weighted by molar-refractivity contribution is 0.354. The van der Waals surface area contributed by atoms with Crippen LogP contribution >= 0.6 is 15.9 Å². The van der Waals surface area contributed by atoms with Crippen LogP contribution in [0.4, 0.5) is 5.69 Å².